The number of benzene rings is 2. The molecule has 0 spiro atoms. The number of sulfone groups is 1. The zero-order valence-electron chi connectivity index (χ0n) is 18.3. The van der Waals surface area contributed by atoms with Gasteiger partial charge in [-0.15, -0.1) is 0 Å². The van der Waals surface area contributed by atoms with Gasteiger partial charge in [0.15, 0.2) is 9.84 Å². The van der Waals surface area contributed by atoms with E-state index < -0.39 is 15.8 Å². The molecule has 2 aromatic carbocycles. The first-order valence-corrected chi connectivity index (χ1v) is 12.2. The van der Waals surface area contributed by atoms with Gasteiger partial charge in [-0.05, 0) is 48.7 Å². The molecule has 0 aliphatic carbocycles. The Bertz CT molecular complexity index is 1070. The van der Waals surface area contributed by atoms with Crippen molar-refractivity contribution >= 4 is 21.9 Å². The summed E-state index contributed by atoms with van der Waals surface area (Å²) >= 11 is 0. The zero-order valence-corrected chi connectivity index (χ0v) is 19.2. The van der Waals surface area contributed by atoms with Crippen molar-refractivity contribution in [2.45, 2.75) is 31.3 Å². The lowest BCUT2D eigenvalue weighted by Gasteiger charge is -2.13. The maximum Gasteiger partial charge on any atom is 0.333 e. The lowest BCUT2D eigenvalue weighted by Crippen LogP contribution is -2.10. The van der Waals surface area contributed by atoms with Gasteiger partial charge in [-0.25, -0.2) is 13.2 Å². The molecule has 172 valence electrons. The number of carbonyl (C=O) groups is 1. The summed E-state index contributed by atoms with van der Waals surface area (Å²) in [5.74, 6) is 0.516. The van der Waals surface area contributed by atoms with Crippen LogP contribution in [-0.2, 0) is 30.7 Å². The second-order valence-electron chi connectivity index (χ2n) is 7.29. The first-order valence-electron chi connectivity index (χ1n) is 10.5. The minimum Gasteiger partial charge on any atom is -0.491 e. The van der Waals surface area contributed by atoms with E-state index in [0.29, 0.717) is 42.5 Å². The smallest absolute Gasteiger partial charge is 0.333 e. The highest BCUT2D eigenvalue weighted by Crippen LogP contribution is 2.30. The van der Waals surface area contributed by atoms with Crippen molar-refractivity contribution in [2.75, 3.05) is 32.7 Å². The molecule has 32 heavy (non-hydrogen) atoms. The van der Waals surface area contributed by atoms with E-state index in [2.05, 4.69) is 6.92 Å². The number of rotatable bonds is 10. The molecule has 0 saturated heterocycles. The Hall–Kier alpha value is -2.84. The van der Waals surface area contributed by atoms with Crippen LogP contribution in [-0.4, -0.2) is 47.1 Å². The average molecular weight is 461 g/mol. The Balaban J connectivity index is 1.75. The molecule has 0 unspecified atom stereocenters. The van der Waals surface area contributed by atoms with Crippen molar-refractivity contribution in [1.82, 2.24) is 0 Å². The van der Waals surface area contributed by atoms with Crippen molar-refractivity contribution in [1.29, 1.82) is 0 Å². The first kappa shape index (κ1) is 23.8. The topological polar surface area (TPSA) is 88.1 Å². The molecule has 0 N–H and O–H groups in total. The molecule has 1 heterocycles. The Kier molecular flexibility index (Phi) is 8.30. The quantitative estimate of drug-likeness (QED) is 0.394. The third kappa shape index (κ3) is 6.11. The fourth-order valence-electron chi connectivity index (χ4n) is 3.30. The third-order valence-corrected chi connectivity index (χ3v) is 6.72. The van der Waals surface area contributed by atoms with E-state index in [4.69, 9.17) is 18.9 Å². The molecule has 2 aromatic rings. The maximum atomic E-state index is 12.6. The van der Waals surface area contributed by atoms with Crippen LogP contribution >= 0.6 is 0 Å². The Morgan fingerprint density at radius 1 is 1.03 bits per heavy atom. The van der Waals surface area contributed by atoms with E-state index in [-0.39, 0.29) is 23.7 Å². The summed E-state index contributed by atoms with van der Waals surface area (Å²) in [6.45, 7) is 3.95. The second-order valence-corrected chi connectivity index (χ2v) is 9.36. The zero-order chi connectivity index (χ0) is 23.0. The molecule has 0 saturated carbocycles. The van der Waals surface area contributed by atoms with Crippen molar-refractivity contribution in [3.05, 3.63) is 59.2 Å². The minimum absolute atomic E-state index is 0.104. The number of fused-ring (bicyclic) bond motifs is 1. The first-order chi connectivity index (χ1) is 15.4. The Morgan fingerprint density at radius 3 is 2.62 bits per heavy atom. The summed E-state index contributed by atoms with van der Waals surface area (Å²) in [4.78, 5) is 12.2. The largest absolute Gasteiger partial charge is 0.491 e. The van der Waals surface area contributed by atoms with Crippen LogP contribution in [0.4, 0.5) is 0 Å². The number of ether oxygens (including phenoxy) is 4. The van der Waals surface area contributed by atoms with Crippen LogP contribution in [0.1, 0.15) is 30.9 Å². The molecule has 3 rings (SSSR count). The SMILES string of the molecule is CCCOCCOc1ccccc1COc1ccc2c(c1)C=C(C(=O)OC)CCS2(=O)=O. The predicted molar refractivity (Wildman–Crippen MR) is 120 cm³/mol. The number of hydrogen-bond acceptors (Lipinski definition) is 7. The van der Waals surface area contributed by atoms with Crippen molar-refractivity contribution in [2.24, 2.45) is 0 Å². The van der Waals surface area contributed by atoms with Gasteiger partial charge in [0.05, 0.1) is 24.4 Å². The van der Waals surface area contributed by atoms with Gasteiger partial charge in [-0.2, -0.15) is 0 Å². The molecule has 0 atom stereocenters. The molecule has 0 aromatic heterocycles. The standard InChI is InChI=1S/C24H28O7S/c1-3-11-29-12-13-30-22-7-5-4-6-19(22)17-31-21-8-9-23-20(16-21)15-18(24(25)28-2)10-14-32(23,26)27/h4-9,15-16H,3,10-14,17H2,1-2H3. The van der Waals surface area contributed by atoms with Gasteiger partial charge < -0.3 is 18.9 Å². The highest BCUT2D eigenvalue weighted by molar-refractivity contribution is 7.91. The molecule has 1 aliphatic heterocycles. The van der Waals surface area contributed by atoms with Gasteiger partial charge in [-0.1, -0.05) is 25.1 Å². The van der Waals surface area contributed by atoms with Gasteiger partial charge in [-0.3, -0.25) is 0 Å². The highest BCUT2D eigenvalue weighted by Gasteiger charge is 2.25. The van der Waals surface area contributed by atoms with Crippen LogP contribution in [0, 0.1) is 0 Å². The van der Waals surface area contributed by atoms with Gasteiger partial charge in [0.2, 0.25) is 0 Å². The van der Waals surface area contributed by atoms with Crippen molar-refractivity contribution in [3.63, 3.8) is 0 Å². The van der Waals surface area contributed by atoms with E-state index in [0.717, 1.165) is 12.0 Å². The molecular weight excluding hydrogens is 432 g/mol. The summed E-state index contributed by atoms with van der Waals surface area (Å²) in [5.41, 5.74) is 1.59. The van der Waals surface area contributed by atoms with Crippen molar-refractivity contribution < 1.29 is 32.2 Å². The molecule has 7 nitrogen and oxygen atoms in total. The van der Waals surface area contributed by atoms with Gasteiger partial charge in [0, 0.05) is 17.7 Å². The molecule has 1 aliphatic rings. The summed E-state index contributed by atoms with van der Waals surface area (Å²) < 4.78 is 47.2. The average Bonchev–Trinajstić information content (AvgIpc) is 2.93. The van der Waals surface area contributed by atoms with Crippen LogP contribution in [0.5, 0.6) is 11.5 Å². The van der Waals surface area contributed by atoms with E-state index in [1.807, 2.05) is 24.3 Å². The molecule has 0 bridgehead atoms. The predicted octanol–water partition coefficient (Wildman–Crippen LogP) is 3.80. The fourth-order valence-corrected chi connectivity index (χ4v) is 4.76. The lowest BCUT2D eigenvalue weighted by molar-refractivity contribution is -0.136. The fraction of sp³-hybridized carbons (Fsp3) is 0.375. The molecule has 0 radical (unpaired) electrons. The summed E-state index contributed by atoms with van der Waals surface area (Å²) in [5, 5.41) is 0. The second kappa shape index (κ2) is 11.2. The summed E-state index contributed by atoms with van der Waals surface area (Å²) in [6, 6.07) is 12.3. The van der Waals surface area contributed by atoms with Gasteiger partial charge in [0.1, 0.15) is 24.7 Å². The normalized spacial score (nSPS) is 14.6. The molecule has 8 heteroatoms. The summed E-state index contributed by atoms with van der Waals surface area (Å²) in [6.07, 6.45) is 2.63. The number of esters is 1. The lowest BCUT2D eigenvalue weighted by atomic mass is 10.1. The highest BCUT2D eigenvalue weighted by atomic mass is 32.2. The van der Waals surface area contributed by atoms with Crippen LogP contribution in [0.15, 0.2) is 52.9 Å². The number of methoxy groups -OCH3 is 1. The van der Waals surface area contributed by atoms with E-state index >= 15 is 0 Å². The summed E-state index contributed by atoms with van der Waals surface area (Å²) in [7, 11) is -2.23. The number of para-hydroxylation sites is 1. The van der Waals surface area contributed by atoms with E-state index in [1.165, 1.54) is 13.2 Å². The third-order valence-electron chi connectivity index (χ3n) is 4.93. The Morgan fingerprint density at radius 2 is 1.84 bits per heavy atom. The van der Waals surface area contributed by atoms with Gasteiger partial charge in [0.25, 0.3) is 0 Å². The monoisotopic (exact) mass is 460 g/mol. The number of hydrogen-bond donors (Lipinski definition) is 0. The molecular formula is C24H28O7S. The molecule has 0 amide bonds. The van der Waals surface area contributed by atoms with Gasteiger partial charge >= 0.3 is 5.97 Å². The maximum absolute atomic E-state index is 12.6. The van der Waals surface area contributed by atoms with Crippen LogP contribution in [0.25, 0.3) is 6.08 Å². The number of carbonyl (C=O) groups excluding carboxylic acids is 1. The Labute approximate surface area is 188 Å². The minimum atomic E-state index is -3.51. The van der Waals surface area contributed by atoms with Crippen LogP contribution in [0.2, 0.25) is 0 Å². The van der Waals surface area contributed by atoms with E-state index in [1.54, 1.807) is 18.2 Å². The van der Waals surface area contributed by atoms with Crippen LogP contribution < -0.4 is 9.47 Å². The molecule has 0 fully saturated rings. The van der Waals surface area contributed by atoms with Crippen molar-refractivity contribution in [3.8, 4) is 11.5 Å². The van der Waals surface area contributed by atoms with E-state index in [9.17, 15) is 13.2 Å². The van der Waals surface area contributed by atoms with Crippen LogP contribution in [0.3, 0.4) is 0 Å².